The molecule has 20 heavy (non-hydrogen) atoms. The van der Waals surface area contributed by atoms with E-state index < -0.39 is 6.10 Å². The molecule has 3 rings (SSSR count). The molecule has 0 N–H and O–H groups in total. The van der Waals surface area contributed by atoms with E-state index in [9.17, 15) is 4.79 Å². The number of aliphatic imine (C=N–C) groups is 1. The number of ether oxygens (including phenoxy) is 2. The minimum Gasteiger partial charge on any atom is -0.497 e. The highest BCUT2D eigenvalue weighted by Gasteiger charge is 2.28. The van der Waals surface area contributed by atoms with E-state index in [0.717, 1.165) is 17.0 Å². The van der Waals surface area contributed by atoms with Crippen molar-refractivity contribution < 1.29 is 14.3 Å². The Kier molecular flexibility index (Phi) is 3.21. The number of methoxy groups -OCH3 is 1. The molecule has 0 fully saturated rings. The van der Waals surface area contributed by atoms with Crippen LogP contribution in [0.1, 0.15) is 22.0 Å². The average molecular weight is 267 g/mol. The van der Waals surface area contributed by atoms with Crippen LogP contribution in [0.4, 0.5) is 5.69 Å². The van der Waals surface area contributed by atoms with Gasteiger partial charge in [-0.1, -0.05) is 18.2 Å². The summed E-state index contributed by atoms with van der Waals surface area (Å²) in [5.74, 6) is 0.480. The Morgan fingerprint density at radius 3 is 2.65 bits per heavy atom. The van der Waals surface area contributed by atoms with Crippen LogP contribution < -0.4 is 4.74 Å². The molecule has 1 aliphatic heterocycles. The second-order valence-electron chi connectivity index (χ2n) is 4.39. The minimum absolute atomic E-state index is 0.299. The first-order valence-electron chi connectivity index (χ1n) is 6.26. The molecule has 0 aliphatic carbocycles. The zero-order chi connectivity index (χ0) is 13.9. The lowest BCUT2D eigenvalue weighted by atomic mass is 10.1. The van der Waals surface area contributed by atoms with Crippen molar-refractivity contribution in [2.45, 2.75) is 6.10 Å². The van der Waals surface area contributed by atoms with Crippen molar-refractivity contribution in [2.75, 3.05) is 7.11 Å². The topological polar surface area (TPSA) is 47.9 Å². The molecule has 2 aromatic rings. The van der Waals surface area contributed by atoms with E-state index in [1.165, 1.54) is 0 Å². The maximum atomic E-state index is 11.7. The first-order valence-corrected chi connectivity index (χ1v) is 6.26. The Balaban J connectivity index is 1.81. The lowest BCUT2D eigenvalue weighted by molar-refractivity contribution is 0.0500. The highest BCUT2D eigenvalue weighted by atomic mass is 16.5. The van der Waals surface area contributed by atoms with Crippen LogP contribution in [0.25, 0.3) is 0 Å². The predicted octanol–water partition coefficient (Wildman–Crippen LogP) is 3.31. The Morgan fingerprint density at radius 1 is 1.15 bits per heavy atom. The number of carbonyl (C=O) groups excluding carboxylic acids is 1. The van der Waals surface area contributed by atoms with Crippen molar-refractivity contribution in [1.82, 2.24) is 0 Å². The fourth-order valence-electron chi connectivity index (χ4n) is 2.11. The largest absolute Gasteiger partial charge is 0.497 e. The zero-order valence-electron chi connectivity index (χ0n) is 10.9. The summed E-state index contributed by atoms with van der Waals surface area (Å²) in [5, 5.41) is 0. The van der Waals surface area contributed by atoms with Gasteiger partial charge in [-0.2, -0.15) is 0 Å². The summed E-state index contributed by atoms with van der Waals surface area (Å²) in [4.78, 5) is 16.0. The van der Waals surface area contributed by atoms with Gasteiger partial charge in [0.1, 0.15) is 5.75 Å². The summed E-state index contributed by atoms with van der Waals surface area (Å²) in [6, 6.07) is 14.7. The first kappa shape index (κ1) is 12.4. The summed E-state index contributed by atoms with van der Waals surface area (Å²) >= 11 is 0. The second kappa shape index (κ2) is 5.17. The van der Waals surface area contributed by atoms with Gasteiger partial charge < -0.3 is 9.47 Å². The molecule has 0 amide bonds. The number of esters is 1. The van der Waals surface area contributed by atoms with Gasteiger partial charge in [0.25, 0.3) is 0 Å². The van der Waals surface area contributed by atoms with E-state index in [4.69, 9.17) is 9.47 Å². The molecule has 0 radical (unpaired) electrons. The Hall–Kier alpha value is -2.62. The number of carbonyl (C=O) groups is 1. The lowest BCUT2D eigenvalue weighted by Crippen LogP contribution is -1.99. The van der Waals surface area contributed by atoms with Crippen LogP contribution in [0.3, 0.4) is 0 Å². The van der Waals surface area contributed by atoms with Crippen LogP contribution in [0.2, 0.25) is 0 Å². The standard InChI is InChI=1S/C16H13NO3/c1-19-12-8-6-11(7-9-12)17-10-15-13-4-2-3-5-14(13)16(18)20-15/h2-10,15H,1H3. The third-order valence-corrected chi connectivity index (χ3v) is 3.15. The Bertz CT molecular complexity index is 662. The lowest BCUT2D eigenvalue weighted by Gasteiger charge is -2.04. The van der Waals surface area contributed by atoms with E-state index in [0.29, 0.717) is 5.56 Å². The molecule has 1 unspecified atom stereocenters. The van der Waals surface area contributed by atoms with Gasteiger partial charge in [0.15, 0.2) is 6.10 Å². The van der Waals surface area contributed by atoms with Crippen LogP contribution in [-0.2, 0) is 4.74 Å². The normalized spacial score (nSPS) is 17.1. The molecular formula is C16H13NO3. The van der Waals surface area contributed by atoms with E-state index in [-0.39, 0.29) is 5.97 Å². The first-order chi connectivity index (χ1) is 9.78. The molecule has 0 aromatic heterocycles. The molecule has 0 saturated heterocycles. The van der Waals surface area contributed by atoms with E-state index in [1.807, 2.05) is 42.5 Å². The van der Waals surface area contributed by atoms with Gasteiger partial charge in [-0.25, -0.2) is 4.79 Å². The molecule has 0 saturated carbocycles. The second-order valence-corrected chi connectivity index (χ2v) is 4.39. The van der Waals surface area contributed by atoms with Gasteiger partial charge in [-0.3, -0.25) is 4.99 Å². The number of hydrogen-bond donors (Lipinski definition) is 0. The SMILES string of the molecule is COc1ccc(N=CC2OC(=O)c3ccccc32)cc1. The molecule has 1 atom stereocenters. The maximum Gasteiger partial charge on any atom is 0.339 e. The van der Waals surface area contributed by atoms with Crippen LogP contribution in [-0.4, -0.2) is 19.3 Å². The van der Waals surface area contributed by atoms with Crippen molar-refractivity contribution in [2.24, 2.45) is 4.99 Å². The fraction of sp³-hybridized carbons (Fsp3) is 0.125. The number of hydrogen-bond acceptors (Lipinski definition) is 4. The Morgan fingerprint density at radius 2 is 1.90 bits per heavy atom. The predicted molar refractivity (Wildman–Crippen MR) is 75.7 cm³/mol. The van der Waals surface area contributed by atoms with Gasteiger partial charge in [0.05, 0.1) is 24.6 Å². The minimum atomic E-state index is -0.416. The summed E-state index contributed by atoms with van der Waals surface area (Å²) in [5.41, 5.74) is 2.25. The van der Waals surface area contributed by atoms with Gasteiger partial charge in [-0.05, 0) is 30.3 Å². The summed E-state index contributed by atoms with van der Waals surface area (Å²) in [7, 11) is 1.62. The summed E-state index contributed by atoms with van der Waals surface area (Å²) in [6.45, 7) is 0. The number of benzene rings is 2. The smallest absolute Gasteiger partial charge is 0.339 e. The zero-order valence-corrected chi connectivity index (χ0v) is 10.9. The third-order valence-electron chi connectivity index (χ3n) is 3.15. The molecule has 0 bridgehead atoms. The van der Waals surface area contributed by atoms with Gasteiger partial charge in [-0.15, -0.1) is 0 Å². The molecule has 4 nitrogen and oxygen atoms in total. The molecule has 100 valence electrons. The molecule has 1 heterocycles. The van der Waals surface area contributed by atoms with Crippen LogP contribution in [0, 0.1) is 0 Å². The Labute approximate surface area is 116 Å². The summed E-state index contributed by atoms with van der Waals surface area (Å²) < 4.78 is 10.4. The van der Waals surface area contributed by atoms with Crippen molar-refractivity contribution >= 4 is 17.9 Å². The van der Waals surface area contributed by atoms with Crippen LogP contribution >= 0.6 is 0 Å². The van der Waals surface area contributed by atoms with Gasteiger partial charge >= 0.3 is 5.97 Å². The number of fused-ring (bicyclic) bond motifs is 1. The van der Waals surface area contributed by atoms with E-state index in [1.54, 1.807) is 19.4 Å². The number of cyclic esters (lactones) is 1. The maximum absolute atomic E-state index is 11.7. The van der Waals surface area contributed by atoms with Crippen molar-refractivity contribution in [3.8, 4) is 5.75 Å². The van der Waals surface area contributed by atoms with E-state index in [2.05, 4.69) is 4.99 Å². The highest BCUT2D eigenvalue weighted by molar-refractivity contribution is 5.97. The van der Waals surface area contributed by atoms with Crippen molar-refractivity contribution in [1.29, 1.82) is 0 Å². The molecular weight excluding hydrogens is 254 g/mol. The fourth-order valence-corrected chi connectivity index (χ4v) is 2.11. The summed E-state index contributed by atoms with van der Waals surface area (Å²) in [6.07, 6.45) is 1.23. The molecule has 4 heteroatoms. The average Bonchev–Trinajstić information content (AvgIpc) is 2.83. The van der Waals surface area contributed by atoms with Crippen LogP contribution in [0.5, 0.6) is 5.75 Å². The third kappa shape index (κ3) is 2.28. The monoisotopic (exact) mass is 267 g/mol. The van der Waals surface area contributed by atoms with Gasteiger partial charge in [0, 0.05) is 5.56 Å². The molecule has 2 aromatic carbocycles. The van der Waals surface area contributed by atoms with Crippen LogP contribution in [0.15, 0.2) is 53.5 Å². The van der Waals surface area contributed by atoms with Gasteiger partial charge in [0.2, 0.25) is 0 Å². The highest BCUT2D eigenvalue weighted by Crippen LogP contribution is 2.29. The molecule has 1 aliphatic rings. The van der Waals surface area contributed by atoms with Crippen molar-refractivity contribution in [3.05, 3.63) is 59.7 Å². The molecule has 0 spiro atoms. The quantitative estimate of drug-likeness (QED) is 0.633. The number of nitrogens with zero attached hydrogens (tertiary/aromatic N) is 1. The van der Waals surface area contributed by atoms with Crippen molar-refractivity contribution in [3.63, 3.8) is 0 Å². The van der Waals surface area contributed by atoms with E-state index >= 15 is 0 Å². The number of rotatable bonds is 3.